The number of aryl methyl sites for hydroxylation is 1. The zero-order chi connectivity index (χ0) is 26.5. The lowest BCUT2D eigenvalue weighted by molar-refractivity contribution is -0.115. The van der Waals surface area contributed by atoms with Crippen LogP contribution in [-0.2, 0) is 4.79 Å². The van der Waals surface area contributed by atoms with Gasteiger partial charge in [0.2, 0.25) is 5.91 Å². The van der Waals surface area contributed by atoms with Crippen molar-refractivity contribution >= 4 is 23.5 Å². The van der Waals surface area contributed by atoms with Crippen molar-refractivity contribution in [3.8, 4) is 34.2 Å². The lowest BCUT2D eigenvalue weighted by Crippen LogP contribution is -2.25. The zero-order valence-electron chi connectivity index (χ0n) is 20.2. The van der Waals surface area contributed by atoms with Crippen LogP contribution >= 0.6 is 11.8 Å². The van der Waals surface area contributed by atoms with Crippen LogP contribution < -0.4 is 10.1 Å². The quantitative estimate of drug-likeness (QED) is 0.269. The topological polar surface area (TPSA) is 101 Å². The molecule has 2 aromatic carbocycles. The maximum absolute atomic E-state index is 14.8. The Morgan fingerprint density at radius 3 is 2.51 bits per heavy atom. The van der Waals surface area contributed by atoms with Crippen LogP contribution in [0.15, 0.2) is 64.1 Å². The van der Waals surface area contributed by atoms with E-state index < -0.39 is 16.9 Å². The lowest BCUT2D eigenvalue weighted by atomic mass is 9.98. The molecule has 1 N–H and O–H groups in total. The molecule has 1 unspecified atom stereocenters. The first-order valence-corrected chi connectivity index (χ1v) is 12.2. The molecule has 0 radical (unpaired) electrons. The number of ether oxygens (including phenoxy) is 1. The second kappa shape index (κ2) is 11.2. The Kier molecular flexibility index (Phi) is 7.84. The number of thioether (sulfide) groups is 1. The number of benzene rings is 2. The van der Waals surface area contributed by atoms with Crippen LogP contribution in [0.4, 0.5) is 14.6 Å². The summed E-state index contributed by atoms with van der Waals surface area (Å²) >= 11 is 1.08. The molecule has 2 heterocycles. The molecule has 2 aromatic heterocycles. The molecule has 4 aromatic rings. The summed E-state index contributed by atoms with van der Waals surface area (Å²) in [6, 6.07) is 15.5. The summed E-state index contributed by atoms with van der Waals surface area (Å²) in [5.74, 6) is -0.438. The van der Waals surface area contributed by atoms with Crippen LogP contribution in [0, 0.1) is 29.9 Å². The third-order valence-corrected chi connectivity index (χ3v) is 6.85. The van der Waals surface area contributed by atoms with Gasteiger partial charge in [-0.05, 0) is 55.8 Å². The molecule has 7 nitrogen and oxygen atoms in total. The van der Waals surface area contributed by atoms with Crippen LogP contribution in [0.5, 0.6) is 5.75 Å². The summed E-state index contributed by atoms with van der Waals surface area (Å²) in [6.45, 7) is 3.53. The number of halogens is 2. The first-order valence-electron chi connectivity index (χ1n) is 11.3. The zero-order valence-corrected chi connectivity index (χ0v) is 21.0. The van der Waals surface area contributed by atoms with Crippen molar-refractivity contribution in [2.24, 2.45) is 0 Å². The van der Waals surface area contributed by atoms with E-state index in [1.807, 2.05) is 6.92 Å². The van der Waals surface area contributed by atoms with E-state index in [0.717, 1.165) is 23.9 Å². The van der Waals surface area contributed by atoms with Gasteiger partial charge in [0.05, 0.1) is 23.6 Å². The van der Waals surface area contributed by atoms with Gasteiger partial charge in [0, 0.05) is 28.8 Å². The van der Waals surface area contributed by atoms with Crippen LogP contribution in [0.3, 0.4) is 0 Å². The van der Waals surface area contributed by atoms with Crippen LogP contribution in [-0.4, -0.2) is 28.4 Å². The standard InChI is InChI=1S/C27H22F2N4O3S/c1-4-24(26(34)32-25-11-15(2)36-33-25)37-27-21(14-30)20(19-10-7-17(28)12-22(19)29)13-23(31-27)16-5-8-18(35-3)9-6-16/h5-13,24H,4H2,1-3H3,(H,32,33,34). The van der Waals surface area contributed by atoms with Crippen molar-refractivity contribution < 1.29 is 22.8 Å². The van der Waals surface area contributed by atoms with Gasteiger partial charge in [-0.3, -0.25) is 4.79 Å². The first-order chi connectivity index (χ1) is 17.8. The molecule has 0 fully saturated rings. The average Bonchev–Trinajstić information content (AvgIpc) is 3.30. The highest BCUT2D eigenvalue weighted by Gasteiger charge is 2.25. The Bertz CT molecular complexity index is 1480. The van der Waals surface area contributed by atoms with E-state index in [0.29, 0.717) is 29.2 Å². The molecule has 0 spiro atoms. The predicted octanol–water partition coefficient (Wildman–Crippen LogP) is 6.38. The van der Waals surface area contributed by atoms with Gasteiger partial charge in [0.15, 0.2) is 5.82 Å². The smallest absolute Gasteiger partial charge is 0.239 e. The number of hydrogen-bond donors (Lipinski definition) is 1. The second-order valence-electron chi connectivity index (χ2n) is 8.03. The molecule has 0 saturated heterocycles. The largest absolute Gasteiger partial charge is 0.497 e. The highest BCUT2D eigenvalue weighted by atomic mass is 32.2. The summed E-state index contributed by atoms with van der Waals surface area (Å²) < 4.78 is 38.7. The van der Waals surface area contributed by atoms with Gasteiger partial charge in [-0.15, -0.1) is 0 Å². The molecule has 1 atom stereocenters. The van der Waals surface area contributed by atoms with Gasteiger partial charge < -0.3 is 14.6 Å². The maximum atomic E-state index is 14.8. The molecule has 10 heteroatoms. The number of methoxy groups -OCH3 is 1. The predicted molar refractivity (Wildman–Crippen MR) is 136 cm³/mol. The molecular formula is C27H22F2N4O3S. The first kappa shape index (κ1) is 25.9. The Labute approximate surface area is 216 Å². The highest BCUT2D eigenvalue weighted by molar-refractivity contribution is 8.00. The Hall–Kier alpha value is -4.23. The third-order valence-electron chi connectivity index (χ3n) is 5.50. The lowest BCUT2D eigenvalue weighted by Gasteiger charge is -2.17. The van der Waals surface area contributed by atoms with Gasteiger partial charge in [-0.2, -0.15) is 5.26 Å². The molecule has 4 rings (SSSR count). The SMILES string of the molecule is CCC(Sc1nc(-c2ccc(OC)cc2)cc(-c2ccc(F)cc2F)c1C#N)C(=O)Nc1cc(C)on1. The van der Waals surface area contributed by atoms with Crippen LogP contribution in [0.25, 0.3) is 22.4 Å². The van der Waals surface area contributed by atoms with E-state index in [2.05, 4.69) is 21.5 Å². The minimum atomic E-state index is -0.814. The number of aromatic nitrogens is 2. The van der Waals surface area contributed by atoms with Crippen molar-refractivity contribution in [2.75, 3.05) is 12.4 Å². The molecule has 0 aliphatic rings. The van der Waals surface area contributed by atoms with Crippen molar-refractivity contribution in [1.82, 2.24) is 10.1 Å². The van der Waals surface area contributed by atoms with Crippen LogP contribution in [0.2, 0.25) is 0 Å². The van der Waals surface area contributed by atoms with Gasteiger partial charge in [0.25, 0.3) is 0 Å². The van der Waals surface area contributed by atoms with Gasteiger partial charge in [-0.1, -0.05) is 23.8 Å². The van der Waals surface area contributed by atoms with E-state index >= 15 is 0 Å². The molecular weight excluding hydrogens is 498 g/mol. The van der Waals surface area contributed by atoms with E-state index in [1.54, 1.807) is 50.4 Å². The van der Waals surface area contributed by atoms with Gasteiger partial charge >= 0.3 is 0 Å². The number of rotatable bonds is 8. The monoisotopic (exact) mass is 520 g/mol. The maximum Gasteiger partial charge on any atom is 0.239 e. The summed E-state index contributed by atoms with van der Waals surface area (Å²) in [4.78, 5) is 17.7. The summed E-state index contributed by atoms with van der Waals surface area (Å²) in [7, 11) is 1.55. The van der Waals surface area contributed by atoms with E-state index in [9.17, 15) is 18.8 Å². The second-order valence-corrected chi connectivity index (χ2v) is 9.22. The number of amides is 1. The number of nitrogens with one attached hydrogen (secondary N) is 1. The summed E-state index contributed by atoms with van der Waals surface area (Å²) in [5.41, 5.74) is 1.51. The van der Waals surface area contributed by atoms with E-state index in [-0.39, 0.29) is 33.4 Å². The minimum Gasteiger partial charge on any atom is -0.497 e. The van der Waals surface area contributed by atoms with Crippen molar-refractivity contribution in [1.29, 1.82) is 5.26 Å². The fourth-order valence-electron chi connectivity index (χ4n) is 3.63. The molecule has 188 valence electrons. The molecule has 0 aliphatic carbocycles. The van der Waals surface area contributed by atoms with E-state index in [4.69, 9.17) is 9.26 Å². The summed E-state index contributed by atoms with van der Waals surface area (Å²) in [5, 5.41) is 16.1. The molecule has 0 aliphatic heterocycles. The Morgan fingerprint density at radius 1 is 1.16 bits per heavy atom. The molecule has 1 amide bonds. The summed E-state index contributed by atoms with van der Waals surface area (Å²) in [6.07, 6.45) is 0.410. The van der Waals surface area contributed by atoms with Crippen molar-refractivity contribution in [3.05, 3.63) is 77.6 Å². The highest BCUT2D eigenvalue weighted by Crippen LogP contribution is 2.38. The average molecular weight is 521 g/mol. The number of hydrogen-bond acceptors (Lipinski definition) is 7. The normalized spacial score (nSPS) is 11.6. The Morgan fingerprint density at radius 2 is 1.92 bits per heavy atom. The molecule has 37 heavy (non-hydrogen) atoms. The third kappa shape index (κ3) is 5.78. The van der Waals surface area contributed by atoms with E-state index in [1.165, 1.54) is 6.07 Å². The number of anilines is 1. The van der Waals surface area contributed by atoms with Crippen molar-refractivity contribution in [2.45, 2.75) is 30.5 Å². The van der Waals surface area contributed by atoms with Crippen molar-refractivity contribution in [3.63, 3.8) is 0 Å². The Balaban J connectivity index is 1.81. The molecule has 0 saturated carbocycles. The van der Waals surface area contributed by atoms with Gasteiger partial charge in [-0.25, -0.2) is 13.8 Å². The van der Waals surface area contributed by atoms with Crippen LogP contribution in [0.1, 0.15) is 24.7 Å². The fraction of sp³-hybridized carbons (Fsp3) is 0.185. The number of pyridine rings is 1. The number of nitriles is 1. The minimum absolute atomic E-state index is 0.0486. The number of carbonyl (C=O) groups excluding carboxylic acids is 1. The van der Waals surface area contributed by atoms with Gasteiger partial charge in [0.1, 0.15) is 34.2 Å². The fourth-order valence-corrected chi connectivity index (χ4v) is 4.66. The molecule has 0 bridgehead atoms. The number of carbonyl (C=O) groups is 1. The number of nitrogens with zero attached hydrogens (tertiary/aromatic N) is 3.